The smallest absolute Gasteiger partial charge is 0.408 e. The Morgan fingerprint density at radius 2 is 1.82 bits per heavy atom. The van der Waals surface area contributed by atoms with Gasteiger partial charge in [-0.25, -0.2) is 4.79 Å². The first-order valence-corrected chi connectivity index (χ1v) is 6.72. The summed E-state index contributed by atoms with van der Waals surface area (Å²) < 4.78 is 10.1. The molecule has 0 aliphatic carbocycles. The zero-order chi connectivity index (χ0) is 15.8. The van der Waals surface area contributed by atoms with E-state index in [-0.39, 0.29) is 6.61 Å². The van der Waals surface area contributed by atoms with Gasteiger partial charge < -0.3 is 14.8 Å². The van der Waals surface area contributed by atoms with E-state index in [1.807, 2.05) is 6.07 Å². The van der Waals surface area contributed by atoms with E-state index in [9.17, 15) is 9.59 Å². The van der Waals surface area contributed by atoms with Crippen LogP contribution in [-0.2, 0) is 16.1 Å². The quantitative estimate of drug-likeness (QED) is 0.890. The van der Waals surface area contributed by atoms with E-state index >= 15 is 0 Å². The first kappa shape index (κ1) is 15.6. The van der Waals surface area contributed by atoms with Gasteiger partial charge in [-0.15, -0.1) is 0 Å². The molecule has 0 bridgehead atoms. The van der Waals surface area contributed by atoms with E-state index in [0.717, 1.165) is 11.3 Å². The van der Waals surface area contributed by atoms with Gasteiger partial charge in [0.1, 0.15) is 18.4 Å². The SMILES string of the molecule is COc1ccc(COC(=O)NC([C]=O)c2ccccc2)cc1. The summed E-state index contributed by atoms with van der Waals surface area (Å²) in [5.74, 6) is 0.730. The number of hydrogen-bond donors (Lipinski definition) is 1. The Morgan fingerprint density at radius 3 is 2.41 bits per heavy atom. The first-order valence-electron chi connectivity index (χ1n) is 6.72. The van der Waals surface area contributed by atoms with Crippen LogP contribution in [-0.4, -0.2) is 19.5 Å². The molecule has 113 valence electrons. The number of benzene rings is 2. The summed E-state index contributed by atoms with van der Waals surface area (Å²) in [6.07, 6.45) is 1.11. The number of carbonyl (C=O) groups is 1. The zero-order valence-corrected chi connectivity index (χ0v) is 12.1. The molecule has 0 saturated carbocycles. The van der Waals surface area contributed by atoms with Crippen LogP contribution in [0.2, 0.25) is 0 Å². The largest absolute Gasteiger partial charge is 0.497 e. The third-order valence-electron chi connectivity index (χ3n) is 3.04. The van der Waals surface area contributed by atoms with Crippen LogP contribution in [0.1, 0.15) is 17.2 Å². The van der Waals surface area contributed by atoms with E-state index in [0.29, 0.717) is 5.56 Å². The molecule has 0 aromatic heterocycles. The second-order valence-corrected chi connectivity index (χ2v) is 4.53. The van der Waals surface area contributed by atoms with Crippen molar-refractivity contribution < 1.29 is 19.1 Å². The molecule has 0 aliphatic heterocycles. The third kappa shape index (κ3) is 4.34. The fraction of sp³-hybridized carbons (Fsp3) is 0.176. The fourth-order valence-electron chi connectivity index (χ4n) is 1.86. The molecule has 5 nitrogen and oxygen atoms in total. The van der Waals surface area contributed by atoms with Crippen LogP contribution in [0.3, 0.4) is 0 Å². The van der Waals surface area contributed by atoms with Gasteiger partial charge in [0.15, 0.2) is 0 Å². The molecule has 1 amide bonds. The number of nitrogens with one attached hydrogen (secondary N) is 1. The molecule has 0 saturated heterocycles. The van der Waals surface area contributed by atoms with E-state index in [1.54, 1.807) is 61.9 Å². The minimum Gasteiger partial charge on any atom is -0.497 e. The van der Waals surface area contributed by atoms with Gasteiger partial charge in [-0.2, -0.15) is 0 Å². The van der Waals surface area contributed by atoms with Crippen LogP contribution in [0.4, 0.5) is 4.79 Å². The number of amides is 1. The maximum absolute atomic E-state index is 11.7. The van der Waals surface area contributed by atoms with Crippen LogP contribution in [0.25, 0.3) is 0 Å². The molecule has 5 heteroatoms. The highest BCUT2D eigenvalue weighted by atomic mass is 16.5. The number of methoxy groups -OCH3 is 1. The monoisotopic (exact) mass is 298 g/mol. The van der Waals surface area contributed by atoms with Gasteiger partial charge in [0, 0.05) is 0 Å². The lowest BCUT2D eigenvalue weighted by Crippen LogP contribution is -2.29. The van der Waals surface area contributed by atoms with Crippen molar-refractivity contribution in [3.63, 3.8) is 0 Å². The number of hydrogen-bond acceptors (Lipinski definition) is 4. The lowest BCUT2D eigenvalue weighted by molar-refractivity contribution is 0.138. The maximum Gasteiger partial charge on any atom is 0.408 e. The van der Waals surface area contributed by atoms with Gasteiger partial charge in [0.2, 0.25) is 6.29 Å². The molecule has 0 aliphatic rings. The summed E-state index contributed by atoms with van der Waals surface area (Å²) in [5.41, 5.74) is 1.47. The molecule has 0 spiro atoms. The minimum atomic E-state index is -0.843. The normalized spacial score (nSPS) is 11.3. The van der Waals surface area contributed by atoms with Crippen molar-refractivity contribution in [2.45, 2.75) is 12.6 Å². The average molecular weight is 298 g/mol. The molecule has 1 radical (unpaired) electrons. The predicted molar refractivity (Wildman–Crippen MR) is 81.2 cm³/mol. The standard InChI is InChI=1S/C17H16NO4/c1-21-15-9-7-13(8-10-15)12-22-17(20)18-16(11-19)14-5-3-2-4-6-14/h2-10,16H,12H2,1H3,(H,18,20). The third-order valence-corrected chi connectivity index (χ3v) is 3.04. The van der Waals surface area contributed by atoms with Crippen molar-refractivity contribution >= 4 is 12.4 Å². The average Bonchev–Trinajstić information content (AvgIpc) is 2.59. The Kier molecular flexibility index (Phi) is 5.54. The summed E-state index contributed by atoms with van der Waals surface area (Å²) in [6, 6.07) is 15.2. The summed E-state index contributed by atoms with van der Waals surface area (Å²) >= 11 is 0. The number of ether oxygens (including phenoxy) is 2. The molecule has 0 fully saturated rings. The summed E-state index contributed by atoms with van der Waals surface area (Å²) in [4.78, 5) is 22.7. The molecule has 2 rings (SSSR count). The topological polar surface area (TPSA) is 64.6 Å². The van der Waals surface area contributed by atoms with Crippen LogP contribution in [0.5, 0.6) is 5.75 Å². The van der Waals surface area contributed by atoms with Gasteiger partial charge in [-0.1, -0.05) is 42.5 Å². The lowest BCUT2D eigenvalue weighted by Gasteiger charge is -2.12. The maximum atomic E-state index is 11.7. The van der Waals surface area contributed by atoms with Gasteiger partial charge >= 0.3 is 6.09 Å². The van der Waals surface area contributed by atoms with E-state index < -0.39 is 12.1 Å². The van der Waals surface area contributed by atoms with Crippen LogP contribution in [0.15, 0.2) is 54.6 Å². The fourth-order valence-corrected chi connectivity index (χ4v) is 1.86. The molecule has 1 N–H and O–H groups in total. The van der Waals surface area contributed by atoms with Gasteiger partial charge in [-0.3, -0.25) is 4.79 Å². The number of alkyl carbamates (subject to hydrolysis) is 1. The van der Waals surface area contributed by atoms with Gasteiger partial charge in [0.25, 0.3) is 0 Å². The summed E-state index contributed by atoms with van der Waals surface area (Å²) in [5, 5.41) is 2.47. The Balaban J connectivity index is 1.87. The molecular formula is C17H16NO4. The molecule has 0 heterocycles. The minimum absolute atomic E-state index is 0.107. The van der Waals surface area contributed by atoms with Crippen molar-refractivity contribution in [2.75, 3.05) is 7.11 Å². The van der Waals surface area contributed by atoms with Gasteiger partial charge in [0.05, 0.1) is 7.11 Å². The highest BCUT2D eigenvalue weighted by molar-refractivity contribution is 5.74. The molecule has 2 aromatic rings. The summed E-state index contributed by atoms with van der Waals surface area (Å²) in [7, 11) is 1.58. The van der Waals surface area contributed by atoms with Crippen LogP contribution < -0.4 is 10.1 Å². The van der Waals surface area contributed by atoms with Crippen LogP contribution in [0, 0.1) is 0 Å². The zero-order valence-electron chi connectivity index (χ0n) is 12.1. The molecule has 1 atom stereocenters. The molecule has 1 unspecified atom stereocenters. The molecule has 22 heavy (non-hydrogen) atoms. The van der Waals surface area contributed by atoms with Crippen molar-refractivity contribution in [3.8, 4) is 5.75 Å². The van der Waals surface area contributed by atoms with E-state index in [1.165, 1.54) is 0 Å². The predicted octanol–water partition coefficient (Wildman–Crippen LogP) is 2.77. The van der Waals surface area contributed by atoms with Crippen molar-refractivity contribution in [1.29, 1.82) is 0 Å². The first-order chi connectivity index (χ1) is 10.7. The van der Waals surface area contributed by atoms with Crippen molar-refractivity contribution in [1.82, 2.24) is 5.32 Å². The Hall–Kier alpha value is -2.82. The number of carbonyl (C=O) groups excluding carboxylic acids is 2. The van der Waals surface area contributed by atoms with Crippen LogP contribution >= 0.6 is 0 Å². The Bertz CT molecular complexity index is 610. The lowest BCUT2D eigenvalue weighted by atomic mass is 10.1. The highest BCUT2D eigenvalue weighted by Crippen LogP contribution is 2.13. The number of rotatable bonds is 6. The highest BCUT2D eigenvalue weighted by Gasteiger charge is 2.15. The van der Waals surface area contributed by atoms with Gasteiger partial charge in [-0.05, 0) is 23.3 Å². The van der Waals surface area contributed by atoms with E-state index in [2.05, 4.69) is 5.32 Å². The molecular weight excluding hydrogens is 282 g/mol. The van der Waals surface area contributed by atoms with Crippen molar-refractivity contribution in [2.24, 2.45) is 0 Å². The second-order valence-electron chi connectivity index (χ2n) is 4.53. The second kappa shape index (κ2) is 7.83. The van der Waals surface area contributed by atoms with Crippen molar-refractivity contribution in [3.05, 3.63) is 65.7 Å². The summed E-state index contributed by atoms with van der Waals surface area (Å²) in [6.45, 7) is 0.107. The Morgan fingerprint density at radius 1 is 1.14 bits per heavy atom. The molecule has 2 aromatic carbocycles. The Labute approximate surface area is 128 Å². The van der Waals surface area contributed by atoms with E-state index in [4.69, 9.17) is 9.47 Å².